The van der Waals surface area contributed by atoms with E-state index in [1.54, 1.807) is 37.3 Å². The molecule has 2 aromatic heterocycles. The summed E-state index contributed by atoms with van der Waals surface area (Å²) in [5, 5.41) is 4.04. The molecule has 0 unspecified atom stereocenters. The van der Waals surface area contributed by atoms with Gasteiger partial charge >= 0.3 is 0 Å². The molecule has 5 nitrogen and oxygen atoms in total. The van der Waals surface area contributed by atoms with Crippen molar-refractivity contribution in [1.82, 2.24) is 14.5 Å². The number of rotatable bonds is 7. The van der Waals surface area contributed by atoms with Crippen molar-refractivity contribution >= 4 is 23.1 Å². The third-order valence-corrected chi connectivity index (χ3v) is 6.56. The van der Waals surface area contributed by atoms with Crippen molar-refractivity contribution in [1.29, 1.82) is 0 Å². The molecule has 4 aromatic rings. The van der Waals surface area contributed by atoms with Crippen molar-refractivity contribution in [2.45, 2.75) is 10.9 Å². The first-order chi connectivity index (χ1) is 14.2. The summed E-state index contributed by atoms with van der Waals surface area (Å²) in [6, 6.07) is 16.2. The quantitative estimate of drug-likeness (QED) is 0.366. The molecular formula is C22H21N3O2S2. The lowest BCUT2D eigenvalue weighted by molar-refractivity contribution is 0.355. The number of hydrogen-bond donors (Lipinski definition) is 0. The predicted octanol–water partition coefficient (Wildman–Crippen LogP) is 5.52. The molecule has 0 N–H and O–H groups in total. The Morgan fingerprint density at radius 1 is 1.00 bits per heavy atom. The van der Waals surface area contributed by atoms with Gasteiger partial charge in [0.05, 0.1) is 31.8 Å². The molecule has 0 radical (unpaired) electrons. The fourth-order valence-electron chi connectivity index (χ4n) is 3.02. The number of nitrogens with zero attached hydrogens (tertiary/aromatic N) is 3. The van der Waals surface area contributed by atoms with Crippen LogP contribution in [-0.4, -0.2) is 28.8 Å². The van der Waals surface area contributed by atoms with E-state index in [1.165, 1.54) is 5.56 Å². The van der Waals surface area contributed by atoms with E-state index in [4.69, 9.17) is 14.5 Å². The molecule has 0 aliphatic rings. The molecule has 4 rings (SSSR count). The van der Waals surface area contributed by atoms with Crippen molar-refractivity contribution in [2.75, 3.05) is 14.2 Å². The van der Waals surface area contributed by atoms with E-state index in [0.29, 0.717) is 11.5 Å². The van der Waals surface area contributed by atoms with Crippen LogP contribution in [0.4, 0.5) is 0 Å². The van der Waals surface area contributed by atoms with Gasteiger partial charge < -0.3 is 14.0 Å². The molecule has 0 atom stereocenters. The van der Waals surface area contributed by atoms with Crippen molar-refractivity contribution in [3.63, 3.8) is 0 Å². The minimum atomic E-state index is 0.706. The Hall–Kier alpha value is -2.77. The second-order valence-electron chi connectivity index (χ2n) is 6.35. The second-order valence-corrected chi connectivity index (χ2v) is 8.15. The van der Waals surface area contributed by atoms with Gasteiger partial charge in [-0.25, -0.2) is 9.97 Å². The summed E-state index contributed by atoms with van der Waals surface area (Å²) in [7, 11) is 5.33. The van der Waals surface area contributed by atoms with Crippen LogP contribution in [0.2, 0.25) is 0 Å². The minimum Gasteiger partial charge on any atom is -0.493 e. The number of ether oxygens (including phenoxy) is 2. The van der Waals surface area contributed by atoms with E-state index in [0.717, 1.165) is 32.9 Å². The van der Waals surface area contributed by atoms with Gasteiger partial charge in [-0.3, -0.25) is 0 Å². The monoisotopic (exact) mass is 423 g/mol. The van der Waals surface area contributed by atoms with E-state index in [-0.39, 0.29) is 0 Å². The molecule has 0 bridgehead atoms. The Labute approximate surface area is 178 Å². The van der Waals surface area contributed by atoms with Gasteiger partial charge in [0, 0.05) is 23.7 Å². The SMILES string of the molecule is COc1ccc(-c2nc(CSc3ncc(-c4ccccc4)n3C)cs2)cc1OC. The highest BCUT2D eigenvalue weighted by Gasteiger charge is 2.12. The number of thioether (sulfide) groups is 1. The number of hydrogen-bond acceptors (Lipinski definition) is 6. The number of aromatic nitrogens is 3. The van der Waals surface area contributed by atoms with E-state index in [1.807, 2.05) is 49.6 Å². The largest absolute Gasteiger partial charge is 0.493 e. The summed E-state index contributed by atoms with van der Waals surface area (Å²) in [6.45, 7) is 0. The summed E-state index contributed by atoms with van der Waals surface area (Å²) < 4.78 is 12.8. The van der Waals surface area contributed by atoms with Crippen molar-refractivity contribution in [3.8, 4) is 33.3 Å². The fraction of sp³-hybridized carbons (Fsp3) is 0.182. The highest BCUT2D eigenvalue weighted by atomic mass is 32.2. The molecule has 0 saturated heterocycles. The van der Waals surface area contributed by atoms with Crippen molar-refractivity contribution < 1.29 is 9.47 Å². The van der Waals surface area contributed by atoms with Gasteiger partial charge in [-0.15, -0.1) is 11.3 Å². The average molecular weight is 424 g/mol. The normalized spacial score (nSPS) is 10.9. The lowest BCUT2D eigenvalue weighted by atomic mass is 10.2. The van der Waals surface area contributed by atoms with Gasteiger partial charge in [-0.05, 0) is 23.8 Å². The Morgan fingerprint density at radius 3 is 2.55 bits per heavy atom. The molecule has 0 fully saturated rings. The van der Waals surface area contributed by atoms with E-state index >= 15 is 0 Å². The number of thiazole rings is 1. The lowest BCUT2D eigenvalue weighted by Crippen LogP contribution is -1.94. The van der Waals surface area contributed by atoms with Crippen LogP contribution in [0.15, 0.2) is 65.3 Å². The number of methoxy groups -OCH3 is 2. The molecule has 0 aliphatic heterocycles. The Kier molecular flexibility index (Phi) is 5.87. The van der Waals surface area contributed by atoms with Crippen LogP contribution in [0.1, 0.15) is 5.69 Å². The van der Waals surface area contributed by atoms with Crippen LogP contribution in [-0.2, 0) is 12.8 Å². The minimum absolute atomic E-state index is 0.706. The second kappa shape index (κ2) is 8.71. The lowest BCUT2D eigenvalue weighted by Gasteiger charge is -2.08. The van der Waals surface area contributed by atoms with Gasteiger partial charge in [0.25, 0.3) is 0 Å². The van der Waals surface area contributed by atoms with Crippen LogP contribution < -0.4 is 9.47 Å². The number of benzene rings is 2. The topological polar surface area (TPSA) is 49.2 Å². The Morgan fingerprint density at radius 2 is 1.79 bits per heavy atom. The van der Waals surface area contributed by atoms with Gasteiger partial charge in [0.2, 0.25) is 0 Å². The van der Waals surface area contributed by atoms with E-state index in [9.17, 15) is 0 Å². The standard InChI is InChI=1S/C22H21N3O2S2/c1-25-18(15-7-5-4-6-8-15)12-23-22(25)29-14-17-13-28-21(24-17)16-9-10-19(26-2)20(11-16)27-3/h4-13H,14H2,1-3H3. The van der Waals surface area contributed by atoms with Crippen LogP contribution in [0.3, 0.4) is 0 Å². The third-order valence-electron chi connectivity index (χ3n) is 4.55. The molecular weight excluding hydrogens is 402 g/mol. The van der Waals surface area contributed by atoms with Gasteiger partial charge in [0.1, 0.15) is 5.01 Å². The van der Waals surface area contributed by atoms with Gasteiger partial charge in [0.15, 0.2) is 16.7 Å². The summed E-state index contributed by atoms with van der Waals surface area (Å²) in [6.07, 6.45) is 1.92. The zero-order valence-corrected chi connectivity index (χ0v) is 18.1. The molecule has 2 heterocycles. The molecule has 29 heavy (non-hydrogen) atoms. The zero-order valence-electron chi connectivity index (χ0n) is 16.5. The van der Waals surface area contributed by atoms with Crippen LogP contribution in [0, 0.1) is 0 Å². The molecule has 0 aliphatic carbocycles. The summed E-state index contributed by atoms with van der Waals surface area (Å²) in [5.41, 5.74) is 4.33. The van der Waals surface area contributed by atoms with Crippen LogP contribution in [0.25, 0.3) is 21.8 Å². The maximum absolute atomic E-state index is 5.40. The summed E-state index contributed by atoms with van der Waals surface area (Å²) in [5.74, 6) is 2.19. The maximum Gasteiger partial charge on any atom is 0.168 e. The smallest absolute Gasteiger partial charge is 0.168 e. The Balaban J connectivity index is 1.47. The summed E-state index contributed by atoms with van der Waals surface area (Å²) >= 11 is 3.32. The van der Waals surface area contributed by atoms with Gasteiger partial charge in [-0.1, -0.05) is 42.1 Å². The summed E-state index contributed by atoms with van der Waals surface area (Å²) in [4.78, 5) is 9.37. The molecule has 0 spiro atoms. The molecule has 0 amide bonds. The van der Waals surface area contributed by atoms with Crippen molar-refractivity contribution in [3.05, 3.63) is 65.8 Å². The molecule has 2 aromatic carbocycles. The van der Waals surface area contributed by atoms with Gasteiger partial charge in [-0.2, -0.15) is 0 Å². The molecule has 148 valence electrons. The van der Waals surface area contributed by atoms with Crippen LogP contribution >= 0.6 is 23.1 Å². The zero-order chi connectivity index (χ0) is 20.2. The predicted molar refractivity (Wildman–Crippen MR) is 119 cm³/mol. The molecule has 7 heteroatoms. The third kappa shape index (κ3) is 4.16. The van der Waals surface area contributed by atoms with Crippen molar-refractivity contribution in [2.24, 2.45) is 7.05 Å². The fourth-order valence-corrected chi connectivity index (χ4v) is 4.78. The van der Waals surface area contributed by atoms with Crippen LogP contribution in [0.5, 0.6) is 11.5 Å². The average Bonchev–Trinajstić information content (AvgIpc) is 3.39. The van der Waals surface area contributed by atoms with E-state index in [2.05, 4.69) is 27.1 Å². The molecule has 0 saturated carbocycles. The maximum atomic E-state index is 5.40. The number of imidazole rings is 1. The van der Waals surface area contributed by atoms with E-state index < -0.39 is 0 Å². The first kappa shape index (κ1) is 19.5. The highest BCUT2D eigenvalue weighted by Crippen LogP contribution is 2.34. The highest BCUT2D eigenvalue weighted by molar-refractivity contribution is 7.98. The first-order valence-electron chi connectivity index (χ1n) is 9.06. The first-order valence-corrected chi connectivity index (χ1v) is 10.9. The Bertz CT molecular complexity index is 1110.